The lowest BCUT2D eigenvalue weighted by molar-refractivity contribution is -0.123. The Morgan fingerprint density at radius 2 is 2.12 bits per heavy atom. The maximum atomic E-state index is 11.9. The molecule has 0 spiro atoms. The van der Waals surface area contributed by atoms with Crippen LogP contribution in [0.25, 0.3) is 0 Å². The fourth-order valence-electron chi connectivity index (χ4n) is 2.37. The Labute approximate surface area is 105 Å². The minimum Gasteiger partial charge on any atom is -0.350 e. The maximum Gasteiger partial charge on any atom is 0.234 e. The number of hydrogen-bond donors (Lipinski definition) is 2. The highest BCUT2D eigenvalue weighted by atomic mass is 16.2. The third-order valence-electron chi connectivity index (χ3n) is 3.15. The van der Waals surface area contributed by atoms with Gasteiger partial charge in [0.25, 0.3) is 0 Å². The van der Waals surface area contributed by atoms with Gasteiger partial charge in [-0.2, -0.15) is 0 Å². The fraction of sp³-hybridized carbons (Fsp3) is 0.923. The van der Waals surface area contributed by atoms with E-state index in [0.29, 0.717) is 6.54 Å². The van der Waals surface area contributed by atoms with Crippen LogP contribution < -0.4 is 10.6 Å². The van der Waals surface area contributed by atoms with E-state index in [1.165, 1.54) is 0 Å². The molecule has 1 aliphatic heterocycles. The molecule has 4 heteroatoms. The van der Waals surface area contributed by atoms with E-state index >= 15 is 0 Å². The molecule has 0 aromatic rings. The number of nitrogens with one attached hydrogen (secondary N) is 2. The molecule has 4 nitrogen and oxygen atoms in total. The molecule has 0 radical (unpaired) electrons. The molecule has 100 valence electrons. The molecule has 0 aliphatic carbocycles. The predicted molar refractivity (Wildman–Crippen MR) is 71.1 cm³/mol. The van der Waals surface area contributed by atoms with Gasteiger partial charge in [0.2, 0.25) is 5.91 Å². The van der Waals surface area contributed by atoms with Crippen molar-refractivity contribution in [1.29, 1.82) is 0 Å². The smallest absolute Gasteiger partial charge is 0.234 e. The van der Waals surface area contributed by atoms with Crippen molar-refractivity contribution in [2.45, 2.75) is 45.6 Å². The average molecular weight is 241 g/mol. The highest BCUT2D eigenvalue weighted by Crippen LogP contribution is 2.10. The van der Waals surface area contributed by atoms with Crippen LogP contribution >= 0.6 is 0 Å². The van der Waals surface area contributed by atoms with E-state index in [1.807, 2.05) is 0 Å². The maximum absolute atomic E-state index is 11.9. The second-order valence-corrected chi connectivity index (χ2v) is 5.56. The van der Waals surface area contributed by atoms with Gasteiger partial charge in [-0.15, -0.1) is 0 Å². The van der Waals surface area contributed by atoms with Gasteiger partial charge in [-0.1, -0.05) is 13.3 Å². The zero-order chi connectivity index (χ0) is 12.7. The molecule has 17 heavy (non-hydrogen) atoms. The van der Waals surface area contributed by atoms with E-state index in [-0.39, 0.29) is 11.4 Å². The monoisotopic (exact) mass is 241 g/mol. The molecule has 1 amide bonds. The van der Waals surface area contributed by atoms with Gasteiger partial charge in [-0.05, 0) is 39.8 Å². The summed E-state index contributed by atoms with van der Waals surface area (Å²) in [4.78, 5) is 14.2. The van der Waals surface area contributed by atoms with Crippen molar-refractivity contribution in [3.05, 3.63) is 0 Å². The Hall–Kier alpha value is -0.610. The highest BCUT2D eigenvalue weighted by molar-refractivity contribution is 5.78. The topological polar surface area (TPSA) is 44.4 Å². The standard InChI is InChI=1S/C13H27N3O/c1-4-6-13(2,3)15-12(17)11-16-9-5-7-14-8-10-16/h14H,4-11H2,1-3H3,(H,15,17). The largest absolute Gasteiger partial charge is 0.350 e. The molecule has 0 atom stereocenters. The Balaban J connectivity index is 2.32. The molecule has 1 heterocycles. The van der Waals surface area contributed by atoms with Crippen LogP contribution in [0.4, 0.5) is 0 Å². The Kier molecular flexibility index (Phi) is 5.92. The van der Waals surface area contributed by atoms with Crippen LogP contribution in [0.1, 0.15) is 40.0 Å². The number of nitrogens with zero attached hydrogens (tertiary/aromatic N) is 1. The summed E-state index contributed by atoms with van der Waals surface area (Å²) in [6, 6.07) is 0. The first-order valence-corrected chi connectivity index (χ1v) is 6.77. The van der Waals surface area contributed by atoms with Gasteiger partial charge in [0.05, 0.1) is 6.54 Å². The van der Waals surface area contributed by atoms with Crippen molar-refractivity contribution in [2.24, 2.45) is 0 Å². The van der Waals surface area contributed by atoms with Crippen LogP contribution in [0, 0.1) is 0 Å². The molecular weight excluding hydrogens is 214 g/mol. The van der Waals surface area contributed by atoms with Crippen LogP contribution in [-0.4, -0.2) is 49.1 Å². The second kappa shape index (κ2) is 6.97. The molecule has 0 bridgehead atoms. The highest BCUT2D eigenvalue weighted by Gasteiger charge is 2.20. The minimum absolute atomic E-state index is 0.0735. The van der Waals surface area contributed by atoms with E-state index in [1.54, 1.807) is 0 Å². The summed E-state index contributed by atoms with van der Waals surface area (Å²) in [7, 11) is 0. The quantitative estimate of drug-likeness (QED) is 0.754. The van der Waals surface area contributed by atoms with Crippen LogP contribution in [0.5, 0.6) is 0 Å². The van der Waals surface area contributed by atoms with Crippen molar-refractivity contribution >= 4 is 5.91 Å². The van der Waals surface area contributed by atoms with Gasteiger partial charge in [-0.3, -0.25) is 9.69 Å². The molecule has 0 aromatic heterocycles. The number of rotatable bonds is 5. The van der Waals surface area contributed by atoms with Crippen LogP contribution in [0.3, 0.4) is 0 Å². The molecule has 0 unspecified atom stereocenters. The van der Waals surface area contributed by atoms with Crippen molar-refractivity contribution in [1.82, 2.24) is 15.5 Å². The lowest BCUT2D eigenvalue weighted by Gasteiger charge is -2.27. The van der Waals surface area contributed by atoms with Gasteiger partial charge in [-0.25, -0.2) is 0 Å². The first-order chi connectivity index (χ1) is 8.03. The zero-order valence-electron chi connectivity index (χ0n) is 11.5. The summed E-state index contributed by atoms with van der Waals surface area (Å²) >= 11 is 0. The molecule has 0 saturated carbocycles. The normalized spacial score (nSPS) is 18.8. The second-order valence-electron chi connectivity index (χ2n) is 5.56. The van der Waals surface area contributed by atoms with Gasteiger partial charge < -0.3 is 10.6 Å². The molecule has 1 rings (SSSR count). The number of carbonyl (C=O) groups excluding carboxylic acids is 1. The van der Waals surface area contributed by atoms with Crippen molar-refractivity contribution in [2.75, 3.05) is 32.7 Å². The van der Waals surface area contributed by atoms with E-state index < -0.39 is 0 Å². The van der Waals surface area contributed by atoms with E-state index in [9.17, 15) is 4.79 Å². The van der Waals surface area contributed by atoms with Crippen LogP contribution in [0.15, 0.2) is 0 Å². The van der Waals surface area contributed by atoms with E-state index in [4.69, 9.17) is 0 Å². The van der Waals surface area contributed by atoms with E-state index in [0.717, 1.165) is 45.4 Å². The summed E-state index contributed by atoms with van der Waals surface area (Å²) < 4.78 is 0. The predicted octanol–water partition coefficient (Wildman–Crippen LogP) is 0.977. The van der Waals surface area contributed by atoms with Gasteiger partial charge in [0.1, 0.15) is 0 Å². The number of carbonyl (C=O) groups is 1. The summed E-state index contributed by atoms with van der Waals surface area (Å²) in [5.41, 5.74) is -0.0735. The molecule has 0 aromatic carbocycles. The molecular formula is C13H27N3O. The van der Waals surface area contributed by atoms with Crippen molar-refractivity contribution in [3.63, 3.8) is 0 Å². The SMILES string of the molecule is CCCC(C)(C)NC(=O)CN1CCCNCC1. The summed E-state index contributed by atoms with van der Waals surface area (Å²) in [5.74, 6) is 0.158. The fourth-order valence-corrected chi connectivity index (χ4v) is 2.37. The number of hydrogen-bond acceptors (Lipinski definition) is 3. The summed E-state index contributed by atoms with van der Waals surface area (Å²) in [5, 5.41) is 6.47. The Morgan fingerprint density at radius 1 is 1.35 bits per heavy atom. The minimum atomic E-state index is -0.0735. The molecule has 2 N–H and O–H groups in total. The Morgan fingerprint density at radius 3 is 2.82 bits per heavy atom. The first kappa shape index (κ1) is 14.5. The van der Waals surface area contributed by atoms with Crippen LogP contribution in [0.2, 0.25) is 0 Å². The average Bonchev–Trinajstić information content (AvgIpc) is 2.44. The van der Waals surface area contributed by atoms with E-state index in [2.05, 4.69) is 36.3 Å². The van der Waals surface area contributed by atoms with Crippen molar-refractivity contribution < 1.29 is 4.79 Å². The molecule has 1 aliphatic rings. The number of amides is 1. The Bertz CT molecular complexity index is 233. The van der Waals surface area contributed by atoms with Crippen LogP contribution in [-0.2, 0) is 4.79 Å². The lowest BCUT2D eigenvalue weighted by Crippen LogP contribution is -2.48. The summed E-state index contributed by atoms with van der Waals surface area (Å²) in [6.45, 7) is 10.9. The molecule has 1 saturated heterocycles. The third kappa shape index (κ3) is 6.03. The van der Waals surface area contributed by atoms with Gasteiger partial charge in [0, 0.05) is 18.6 Å². The van der Waals surface area contributed by atoms with Gasteiger partial charge in [0.15, 0.2) is 0 Å². The van der Waals surface area contributed by atoms with Crippen molar-refractivity contribution in [3.8, 4) is 0 Å². The lowest BCUT2D eigenvalue weighted by atomic mass is 9.99. The first-order valence-electron chi connectivity index (χ1n) is 6.77. The summed E-state index contributed by atoms with van der Waals surface area (Å²) in [6.07, 6.45) is 3.26. The third-order valence-corrected chi connectivity index (χ3v) is 3.15. The van der Waals surface area contributed by atoms with Gasteiger partial charge >= 0.3 is 0 Å². The molecule has 1 fully saturated rings. The zero-order valence-corrected chi connectivity index (χ0v) is 11.5.